The molecule has 0 saturated carbocycles. The second-order valence-electron chi connectivity index (χ2n) is 4.86. The van der Waals surface area contributed by atoms with Gasteiger partial charge in [-0.25, -0.2) is 8.78 Å². The number of hydrogen-bond acceptors (Lipinski definition) is 4. The number of nitro benzene ring substituents is 1. The molecule has 1 fully saturated rings. The van der Waals surface area contributed by atoms with E-state index in [1.807, 2.05) is 0 Å². The van der Waals surface area contributed by atoms with Gasteiger partial charge in [-0.05, 0) is 26.3 Å². The van der Waals surface area contributed by atoms with E-state index < -0.39 is 39.4 Å². The number of carbonyl (C=O) groups excluding carboxylic acids is 1. The van der Waals surface area contributed by atoms with Gasteiger partial charge in [-0.15, -0.1) is 0 Å². The van der Waals surface area contributed by atoms with Crippen LogP contribution in [0.2, 0.25) is 0 Å². The largest absolute Gasteiger partial charge is 0.316 e. The smallest absolute Gasteiger partial charge is 0.298 e. The Morgan fingerprint density at radius 2 is 2.20 bits per heavy atom. The Morgan fingerprint density at radius 1 is 1.50 bits per heavy atom. The summed E-state index contributed by atoms with van der Waals surface area (Å²) in [5.74, 6) is -2.83. The number of anilines is 1. The van der Waals surface area contributed by atoms with Gasteiger partial charge >= 0.3 is 0 Å². The van der Waals surface area contributed by atoms with Crippen molar-refractivity contribution in [1.29, 1.82) is 0 Å². The molecule has 1 aliphatic heterocycles. The molecule has 0 aromatic heterocycles. The zero-order valence-electron chi connectivity index (χ0n) is 10.7. The van der Waals surface area contributed by atoms with Crippen molar-refractivity contribution in [1.82, 2.24) is 5.32 Å². The van der Waals surface area contributed by atoms with Crippen LogP contribution in [0.15, 0.2) is 12.1 Å². The molecule has 1 heterocycles. The van der Waals surface area contributed by atoms with Crippen LogP contribution in [-0.4, -0.2) is 22.9 Å². The highest BCUT2D eigenvalue weighted by atomic mass is 19.1. The summed E-state index contributed by atoms with van der Waals surface area (Å²) in [6, 6.07) is 1.07. The van der Waals surface area contributed by atoms with Crippen LogP contribution in [0, 0.1) is 21.7 Å². The molecule has 6 nitrogen and oxygen atoms in total. The highest BCUT2D eigenvalue weighted by molar-refractivity contribution is 5.99. The Hall–Kier alpha value is -2.09. The first kappa shape index (κ1) is 14.3. The number of halogens is 2. The summed E-state index contributed by atoms with van der Waals surface area (Å²) < 4.78 is 26.7. The summed E-state index contributed by atoms with van der Waals surface area (Å²) in [6.45, 7) is 2.26. The Bertz CT molecular complexity index is 571. The van der Waals surface area contributed by atoms with Crippen LogP contribution < -0.4 is 10.6 Å². The van der Waals surface area contributed by atoms with E-state index in [9.17, 15) is 23.7 Å². The van der Waals surface area contributed by atoms with Gasteiger partial charge in [-0.1, -0.05) is 0 Å². The molecule has 0 aliphatic carbocycles. The molecule has 20 heavy (non-hydrogen) atoms. The topological polar surface area (TPSA) is 84.3 Å². The lowest BCUT2D eigenvalue weighted by molar-refractivity contribution is -0.384. The van der Waals surface area contributed by atoms with Gasteiger partial charge in [0, 0.05) is 6.07 Å². The van der Waals surface area contributed by atoms with Crippen molar-refractivity contribution in [2.45, 2.75) is 25.3 Å². The third-order valence-corrected chi connectivity index (χ3v) is 3.34. The molecule has 1 saturated heterocycles. The van der Waals surface area contributed by atoms with Crippen LogP contribution in [0.25, 0.3) is 0 Å². The summed E-state index contributed by atoms with van der Waals surface area (Å²) in [7, 11) is 0. The molecule has 108 valence electrons. The van der Waals surface area contributed by atoms with Gasteiger partial charge < -0.3 is 10.6 Å². The van der Waals surface area contributed by atoms with E-state index in [1.165, 1.54) is 0 Å². The molecule has 1 aromatic rings. The maximum atomic E-state index is 13.7. The average molecular weight is 285 g/mol. The summed E-state index contributed by atoms with van der Waals surface area (Å²) in [6.07, 6.45) is 1.31. The molecule has 0 bridgehead atoms. The molecular weight excluding hydrogens is 272 g/mol. The number of nitrogens with zero attached hydrogens (tertiary/aromatic N) is 1. The van der Waals surface area contributed by atoms with Crippen molar-refractivity contribution in [3.8, 4) is 0 Å². The fraction of sp³-hybridized carbons (Fsp3) is 0.417. The number of amides is 1. The zero-order valence-corrected chi connectivity index (χ0v) is 10.7. The van der Waals surface area contributed by atoms with Crippen LogP contribution in [0.4, 0.5) is 20.2 Å². The maximum absolute atomic E-state index is 13.7. The molecule has 1 aliphatic rings. The van der Waals surface area contributed by atoms with E-state index in [-0.39, 0.29) is 0 Å². The van der Waals surface area contributed by atoms with Crippen LogP contribution in [0.1, 0.15) is 19.8 Å². The first-order chi connectivity index (χ1) is 9.33. The van der Waals surface area contributed by atoms with Crippen molar-refractivity contribution in [2.24, 2.45) is 0 Å². The van der Waals surface area contributed by atoms with Crippen molar-refractivity contribution in [3.05, 3.63) is 33.9 Å². The van der Waals surface area contributed by atoms with Gasteiger partial charge in [0.25, 0.3) is 5.69 Å². The molecule has 1 aromatic carbocycles. The first-order valence-corrected chi connectivity index (χ1v) is 6.03. The van der Waals surface area contributed by atoms with Crippen LogP contribution in [0.5, 0.6) is 0 Å². The van der Waals surface area contributed by atoms with Crippen LogP contribution >= 0.6 is 0 Å². The van der Waals surface area contributed by atoms with Crippen molar-refractivity contribution in [2.75, 3.05) is 11.9 Å². The molecule has 0 spiro atoms. The molecule has 1 unspecified atom stereocenters. The SMILES string of the molecule is CC1(C(=O)Nc2c(F)cc(F)cc2[N+](=O)[O-])CCCN1. The van der Waals surface area contributed by atoms with Gasteiger partial charge in [0.2, 0.25) is 5.91 Å². The Morgan fingerprint density at radius 3 is 2.75 bits per heavy atom. The van der Waals surface area contributed by atoms with E-state index >= 15 is 0 Å². The second-order valence-corrected chi connectivity index (χ2v) is 4.86. The third-order valence-electron chi connectivity index (χ3n) is 3.34. The molecule has 2 rings (SSSR count). The number of nitro groups is 1. The average Bonchev–Trinajstić information content (AvgIpc) is 2.80. The Labute approximate surface area is 113 Å². The Kier molecular flexibility index (Phi) is 3.67. The molecule has 2 N–H and O–H groups in total. The van der Waals surface area contributed by atoms with Crippen LogP contribution in [-0.2, 0) is 4.79 Å². The van der Waals surface area contributed by atoms with Gasteiger partial charge in [-0.2, -0.15) is 0 Å². The molecule has 1 atom stereocenters. The van der Waals surface area contributed by atoms with Gasteiger partial charge in [0.05, 0.1) is 16.5 Å². The summed E-state index contributed by atoms with van der Waals surface area (Å²) in [5.41, 5.74) is -2.33. The summed E-state index contributed by atoms with van der Waals surface area (Å²) in [4.78, 5) is 22.0. The number of hydrogen-bond donors (Lipinski definition) is 2. The van der Waals surface area contributed by atoms with E-state index in [0.29, 0.717) is 25.1 Å². The summed E-state index contributed by atoms with van der Waals surface area (Å²) in [5, 5.41) is 16.0. The lowest BCUT2D eigenvalue weighted by Gasteiger charge is -2.23. The van der Waals surface area contributed by atoms with Crippen molar-refractivity contribution < 1.29 is 18.5 Å². The number of benzene rings is 1. The van der Waals surface area contributed by atoms with Gasteiger partial charge in [-0.3, -0.25) is 14.9 Å². The van der Waals surface area contributed by atoms with Crippen molar-refractivity contribution >= 4 is 17.3 Å². The molecule has 8 heteroatoms. The molecule has 1 amide bonds. The highest BCUT2D eigenvalue weighted by Crippen LogP contribution is 2.30. The van der Waals surface area contributed by atoms with Crippen molar-refractivity contribution in [3.63, 3.8) is 0 Å². The number of nitrogens with one attached hydrogen (secondary N) is 2. The monoisotopic (exact) mass is 285 g/mol. The Balaban J connectivity index is 2.33. The van der Waals surface area contributed by atoms with Gasteiger partial charge in [0.15, 0.2) is 11.5 Å². The maximum Gasteiger partial charge on any atom is 0.298 e. The van der Waals surface area contributed by atoms with E-state index in [1.54, 1.807) is 6.92 Å². The third kappa shape index (κ3) is 2.60. The van der Waals surface area contributed by atoms with E-state index in [2.05, 4.69) is 10.6 Å². The molecule has 0 radical (unpaired) electrons. The zero-order chi connectivity index (χ0) is 14.9. The predicted octanol–water partition coefficient (Wildman–Crippen LogP) is 1.95. The molecular formula is C12H13F2N3O3. The fourth-order valence-electron chi connectivity index (χ4n) is 2.17. The van der Waals surface area contributed by atoms with E-state index in [4.69, 9.17) is 0 Å². The minimum Gasteiger partial charge on any atom is -0.316 e. The standard InChI is InChI=1S/C12H13F2N3O3/c1-12(3-2-4-15-12)11(18)16-10-8(14)5-7(13)6-9(10)17(19)20/h5-6,15H,2-4H2,1H3,(H,16,18). The highest BCUT2D eigenvalue weighted by Gasteiger charge is 2.37. The lowest BCUT2D eigenvalue weighted by Crippen LogP contribution is -2.48. The minimum atomic E-state index is -1.17. The predicted molar refractivity (Wildman–Crippen MR) is 67.3 cm³/mol. The lowest BCUT2D eigenvalue weighted by atomic mass is 9.99. The van der Waals surface area contributed by atoms with Gasteiger partial charge in [0.1, 0.15) is 5.82 Å². The van der Waals surface area contributed by atoms with E-state index in [0.717, 1.165) is 6.42 Å². The minimum absolute atomic E-state index is 0.493. The van der Waals surface area contributed by atoms with Crippen LogP contribution in [0.3, 0.4) is 0 Å². The second kappa shape index (κ2) is 5.12. The normalized spacial score (nSPS) is 21.8. The quantitative estimate of drug-likeness (QED) is 0.656. The summed E-state index contributed by atoms with van der Waals surface area (Å²) >= 11 is 0. The number of rotatable bonds is 3. The number of carbonyl (C=O) groups is 1. The first-order valence-electron chi connectivity index (χ1n) is 6.03. The fourth-order valence-corrected chi connectivity index (χ4v) is 2.17.